The smallest absolute Gasteiger partial charge is 0.214 e. The van der Waals surface area contributed by atoms with E-state index in [1.807, 2.05) is 23.7 Å². The molecule has 0 saturated carbocycles. The molecule has 3 aromatic heterocycles. The molecule has 1 fully saturated rings. The molecule has 0 spiro atoms. The fourth-order valence-electron chi connectivity index (χ4n) is 2.91. The highest BCUT2D eigenvalue weighted by molar-refractivity contribution is 7.20. The predicted octanol–water partition coefficient (Wildman–Crippen LogP) is 2.30. The molecule has 0 radical (unpaired) electrons. The van der Waals surface area contributed by atoms with Crippen molar-refractivity contribution in [3.63, 3.8) is 0 Å². The Hall–Kier alpha value is -2.66. The third-order valence-corrected chi connectivity index (χ3v) is 5.16. The number of fused-ring (bicyclic) bond motifs is 1. The third kappa shape index (κ3) is 2.90. The van der Waals surface area contributed by atoms with E-state index in [0.717, 1.165) is 47.7 Å². The van der Waals surface area contributed by atoms with Gasteiger partial charge in [-0.05, 0) is 31.4 Å². The van der Waals surface area contributed by atoms with Gasteiger partial charge in [-0.25, -0.2) is 14.5 Å². The fourth-order valence-corrected chi connectivity index (χ4v) is 3.88. The topological polar surface area (TPSA) is 82.1 Å². The lowest BCUT2D eigenvalue weighted by Crippen LogP contribution is -2.22. The van der Waals surface area contributed by atoms with Gasteiger partial charge in [-0.1, -0.05) is 11.3 Å². The van der Waals surface area contributed by atoms with Crippen LogP contribution in [0.2, 0.25) is 0 Å². The molecule has 1 atom stereocenters. The summed E-state index contributed by atoms with van der Waals surface area (Å²) in [5, 5.41) is 17.8. The van der Waals surface area contributed by atoms with Crippen molar-refractivity contribution in [1.82, 2.24) is 19.6 Å². The Morgan fingerprint density at radius 2 is 2.38 bits per heavy atom. The molecule has 1 aliphatic heterocycles. The SMILES string of the molecule is Cc1cn2nc(N3CCC(CNc4ccc(C#N)cn4)C3)sc2n1. The van der Waals surface area contributed by atoms with E-state index in [-0.39, 0.29) is 0 Å². The predicted molar refractivity (Wildman–Crippen MR) is 93.4 cm³/mol. The van der Waals surface area contributed by atoms with Crippen LogP contribution in [-0.2, 0) is 0 Å². The number of anilines is 2. The van der Waals surface area contributed by atoms with Crippen LogP contribution in [0.4, 0.5) is 10.9 Å². The Labute approximate surface area is 143 Å². The Balaban J connectivity index is 1.35. The van der Waals surface area contributed by atoms with Gasteiger partial charge < -0.3 is 10.2 Å². The second kappa shape index (κ2) is 6.09. The fraction of sp³-hybridized carbons (Fsp3) is 0.375. The number of hydrogen-bond donors (Lipinski definition) is 1. The molecule has 122 valence electrons. The molecule has 1 unspecified atom stereocenters. The number of imidazole rings is 1. The van der Waals surface area contributed by atoms with Crippen molar-refractivity contribution >= 4 is 27.2 Å². The van der Waals surface area contributed by atoms with E-state index in [4.69, 9.17) is 5.26 Å². The number of nitrogens with zero attached hydrogens (tertiary/aromatic N) is 6. The highest BCUT2D eigenvalue weighted by atomic mass is 32.1. The van der Waals surface area contributed by atoms with Gasteiger partial charge in [0.1, 0.15) is 11.9 Å². The van der Waals surface area contributed by atoms with Gasteiger partial charge in [-0.15, -0.1) is 5.10 Å². The zero-order valence-corrected chi connectivity index (χ0v) is 14.1. The van der Waals surface area contributed by atoms with E-state index in [1.165, 1.54) is 0 Å². The Morgan fingerprint density at radius 1 is 1.46 bits per heavy atom. The first-order valence-electron chi connectivity index (χ1n) is 7.89. The molecule has 0 aliphatic carbocycles. The molecule has 4 heterocycles. The molecule has 1 aliphatic rings. The standard InChI is InChI=1S/C16H17N7S/c1-11-9-23-15(20-11)24-16(21-23)22-5-4-13(10-22)8-19-14-3-2-12(6-17)7-18-14/h2-3,7,9,13H,4-5,8,10H2,1H3,(H,18,19). The molecule has 1 saturated heterocycles. The largest absolute Gasteiger partial charge is 0.370 e. The van der Waals surface area contributed by atoms with Crippen LogP contribution in [-0.4, -0.2) is 39.2 Å². The van der Waals surface area contributed by atoms with E-state index in [2.05, 4.69) is 31.4 Å². The second-order valence-corrected chi connectivity index (χ2v) is 6.95. The summed E-state index contributed by atoms with van der Waals surface area (Å²) in [4.78, 5) is 12.0. The zero-order chi connectivity index (χ0) is 16.5. The van der Waals surface area contributed by atoms with Crippen LogP contribution in [0, 0.1) is 24.2 Å². The number of nitrogens with one attached hydrogen (secondary N) is 1. The molecule has 0 aromatic carbocycles. The zero-order valence-electron chi connectivity index (χ0n) is 13.3. The summed E-state index contributed by atoms with van der Waals surface area (Å²) in [5.74, 6) is 1.37. The monoisotopic (exact) mass is 339 g/mol. The molecular formula is C16H17N7S. The summed E-state index contributed by atoms with van der Waals surface area (Å²) in [6.07, 6.45) is 4.68. The lowest BCUT2D eigenvalue weighted by molar-refractivity contribution is 0.621. The number of rotatable bonds is 4. The molecule has 4 rings (SSSR count). The summed E-state index contributed by atoms with van der Waals surface area (Å²) < 4.78 is 1.86. The van der Waals surface area contributed by atoms with Gasteiger partial charge in [0, 0.05) is 25.8 Å². The van der Waals surface area contributed by atoms with Crippen molar-refractivity contribution in [2.45, 2.75) is 13.3 Å². The first kappa shape index (κ1) is 14.9. The van der Waals surface area contributed by atoms with Crippen molar-refractivity contribution in [1.29, 1.82) is 5.26 Å². The quantitative estimate of drug-likeness (QED) is 0.785. The number of pyridine rings is 1. The molecule has 1 N–H and O–H groups in total. The van der Waals surface area contributed by atoms with Crippen LogP contribution >= 0.6 is 11.3 Å². The minimum Gasteiger partial charge on any atom is -0.370 e. The summed E-state index contributed by atoms with van der Waals surface area (Å²) in [6.45, 7) is 4.86. The maximum absolute atomic E-state index is 8.79. The maximum Gasteiger partial charge on any atom is 0.214 e. The molecule has 7 nitrogen and oxygen atoms in total. The van der Waals surface area contributed by atoms with Gasteiger partial charge in [-0.2, -0.15) is 5.26 Å². The molecule has 24 heavy (non-hydrogen) atoms. The van der Waals surface area contributed by atoms with Crippen LogP contribution in [0.15, 0.2) is 24.5 Å². The first-order valence-corrected chi connectivity index (χ1v) is 8.71. The molecular weight excluding hydrogens is 322 g/mol. The minimum atomic E-state index is 0.556. The number of nitriles is 1. The van der Waals surface area contributed by atoms with Gasteiger partial charge in [0.05, 0.1) is 17.5 Å². The molecule has 0 amide bonds. The van der Waals surface area contributed by atoms with E-state index in [9.17, 15) is 0 Å². The minimum absolute atomic E-state index is 0.556. The summed E-state index contributed by atoms with van der Waals surface area (Å²) in [5.41, 5.74) is 1.58. The van der Waals surface area contributed by atoms with Crippen LogP contribution < -0.4 is 10.2 Å². The summed E-state index contributed by atoms with van der Waals surface area (Å²) in [7, 11) is 0. The lowest BCUT2D eigenvalue weighted by Gasteiger charge is -2.15. The molecule has 3 aromatic rings. The van der Waals surface area contributed by atoms with E-state index < -0.39 is 0 Å². The van der Waals surface area contributed by atoms with Crippen molar-refractivity contribution in [3.05, 3.63) is 35.8 Å². The van der Waals surface area contributed by atoms with Crippen molar-refractivity contribution < 1.29 is 0 Å². The van der Waals surface area contributed by atoms with Crippen LogP contribution in [0.3, 0.4) is 0 Å². The Morgan fingerprint density at radius 3 is 3.12 bits per heavy atom. The highest BCUT2D eigenvalue weighted by Crippen LogP contribution is 2.28. The van der Waals surface area contributed by atoms with Gasteiger partial charge >= 0.3 is 0 Å². The van der Waals surface area contributed by atoms with E-state index >= 15 is 0 Å². The van der Waals surface area contributed by atoms with Crippen LogP contribution in [0.1, 0.15) is 17.7 Å². The second-order valence-electron chi connectivity index (χ2n) is 6.02. The van der Waals surface area contributed by atoms with Gasteiger partial charge in [0.15, 0.2) is 0 Å². The molecule has 8 heteroatoms. The van der Waals surface area contributed by atoms with Crippen molar-refractivity contribution in [3.8, 4) is 6.07 Å². The average molecular weight is 339 g/mol. The number of hydrogen-bond acceptors (Lipinski definition) is 7. The maximum atomic E-state index is 8.79. The summed E-state index contributed by atoms with van der Waals surface area (Å²) in [6, 6.07) is 5.71. The summed E-state index contributed by atoms with van der Waals surface area (Å²) >= 11 is 1.64. The molecule has 0 bridgehead atoms. The van der Waals surface area contributed by atoms with Crippen LogP contribution in [0.5, 0.6) is 0 Å². The number of aryl methyl sites for hydroxylation is 1. The van der Waals surface area contributed by atoms with Crippen molar-refractivity contribution in [2.24, 2.45) is 5.92 Å². The van der Waals surface area contributed by atoms with Crippen molar-refractivity contribution in [2.75, 3.05) is 29.9 Å². The first-order chi connectivity index (χ1) is 11.7. The number of aromatic nitrogens is 4. The van der Waals surface area contributed by atoms with Gasteiger partial charge in [-0.3, -0.25) is 0 Å². The van der Waals surface area contributed by atoms with E-state index in [1.54, 1.807) is 23.6 Å². The Kier molecular flexibility index (Phi) is 3.78. The van der Waals surface area contributed by atoms with Crippen LogP contribution in [0.25, 0.3) is 4.96 Å². The van der Waals surface area contributed by atoms with E-state index in [0.29, 0.717) is 11.5 Å². The normalized spacial score (nSPS) is 17.3. The third-order valence-electron chi connectivity index (χ3n) is 4.17. The van der Waals surface area contributed by atoms with Gasteiger partial charge in [0.2, 0.25) is 10.1 Å². The average Bonchev–Trinajstić information content (AvgIpc) is 3.27. The van der Waals surface area contributed by atoms with Gasteiger partial charge in [0.25, 0.3) is 0 Å². The highest BCUT2D eigenvalue weighted by Gasteiger charge is 2.25. The lowest BCUT2D eigenvalue weighted by atomic mass is 10.1. The Bertz CT molecular complexity index is 858.